The Morgan fingerprint density at radius 2 is 1.55 bits per heavy atom. The second-order valence-electron chi connectivity index (χ2n) is 14.7. The standard InChI is InChI=1S/C45H47N5O6S2/c1-52-35-13-10-32(11-14-35)29-55-43-26-34(48-16-20-53-21-17-48)25-37(47-43)36-8-5-9-41-44(36)58-40-15-12-33(24-42(40)57-41)46-38-27-50(28-39(38)49-18-22-54-23-19-49)45(51)56-30-31-6-3-2-4-7-31/h2-15,24-26,38-39,46H,16-23,27-30H2,1H3. The largest absolute Gasteiger partial charge is 0.497 e. The van der Waals surface area contributed by atoms with E-state index in [2.05, 4.69) is 57.6 Å². The summed E-state index contributed by atoms with van der Waals surface area (Å²) in [5.74, 6) is 1.40. The molecule has 0 bridgehead atoms. The third-order valence-electron chi connectivity index (χ3n) is 11.0. The first-order valence-electron chi connectivity index (χ1n) is 19.8. The number of amides is 1. The number of carbonyl (C=O) groups excluding carboxylic acids is 1. The van der Waals surface area contributed by atoms with E-state index in [1.54, 1.807) is 30.6 Å². The molecule has 4 aromatic carbocycles. The Hall–Kier alpha value is -4.92. The number of methoxy groups -OCH3 is 1. The lowest BCUT2D eigenvalue weighted by Gasteiger charge is -2.35. The van der Waals surface area contributed by atoms with E-state index in [1.807, 2.05) is 65.6 Å². The lowest BCUT2D eigenvalue weighted by atomic mass is 10.1. The van der Waals surface area contributed by atoms with Gasteiger partial charge in [-0.2, -0.15) is 0 Å². The summed E-state index contributed by atoms with van der Waals surface area (Å²) in [5, 5.41) is 3.83. The highest BCUT2D eigenvalue weighted by Crippen LogP contribution is 2.52. The molecule has 300 valence electrons. The van der Waals surface area contributed by atoms with E-state index < -0.39 is 0 Å². The molecule has 5 heterocycles. The average Bonchev–Trinajstić information content (AvgIpc) is 3.71. The van der Waals surface area contributed by atoms with Crippen LogP contribution in [0.4, 0.5) is 16.2 Å². The lowest BCUT2D eigenvalue weighted by molar-refractivity contribution is 0.0167. The topological polar surface area (TPSA) is 97.9 Å². The number of morpholine rings is 2. The van der Waals surface area contributed by atoms with Gasteiger partial charge in [0.15, 0.2) is 0 Å². The minimum absolute atomic E-state index is 0.0338. The van der Waals surface area contributed by atoms with Crippen molar-refractivity contribution in [2.24, 2.45) is 0 Å². The Bertz CT molecular complexity index is 2200. The number of rotatable bonds is 11. The number of anilines is 2. The van der Waals surface area contributed by atoms with Gasteiger partial charge < -0.3 is 38.8 Å². The van der Waals surface area contributed by atoms with Crippen molar-refractivity contribution in [1.29, 1.82) is 0 Å². The number of pyridine rings is 1. The van der Waals surface area contributed by atoms with Crippen LogP contribution in [0.3, 0.4) is 0 Å². The predicted molar refractivity (Wildman–Crippen MR) is 227 cm³/mol. The molecule has 9 rings (SSSR count). The fourth-order valence-electron chi connectivity index (χ4n) is 7.86. The quantitative estimate of drug-likeness (QED) is 0.138. The van der Waals surface area contributed by atoms with Crippen LogP contribution in [0, 0.1) is 0 Å². The molecule has 5 aromatic rings. The zero-order valence-corrected chi connectivity index (χ0v) is 34.1. The molecular formula is C45H47N5O6S2. The van der Waals surface area contributed by atoms with Gasteiger partial charge in [0.05, 0.1) is 45.3 Å². The second-order valence-corrected chi connectivity index (χ2v) is 16.8. The minimum Gasteiger partial charge on any atom is -0.497 e. The van der Waals surface area contributed by atoms with Crippen LogP contribution in [0.5, 0.6) is 11.6 Å². The van der Waals surface area contributed by atoms with Gasteiger partial charge in [0, 0.05) is 87.9 Å². The molecular weight excluding hydrogens is 771 g/mol. The van der Waals surface area contributed by atoms with Gasteiger partial charge >= 0.3 is 6.09 Å². The second kappa shape index (κ2) is 17.9. The minimum atomic E-state index is -0.280. The summed E-state index contributed by atoms with van der Waals surface area (Å²) < 4.78 is 28.8. The Morgan fingerprint density at radius 3 is 2.34 bits per heavy atom. The fourth-order valence-corrected chi connectivity index (χ4v) is 10.3. The molecule has 3 saturated heterocycles. The van der Waals surface area contributed by atoms with Gasteiger partial charge in [-0.25, -0.2) is 9.78 Å². The van der Waals surface area contributed by atoms with Gasteiger partial charge in [-0.1, -0.05) is 78.1 Å². The summed E-state index contributed by atoms with van der Waals surface area (Å²) in [6.07, 6.45) is -0.280. The number of likely N-dealkylation sites (tertiary alicyclic amines) is 1. The van der Waals surface area contributed by atoms with E-state index in [-0.39, 0.29) is 24.8 Å². The molecule has 1 aromatic heterocycles. The van der Waals surface area contributed by atoms with Crippen molar-refractivity contribution >= 4 is 41.0 Å². The van der Waals surface area contributed by atoms with Crippen LogP contribution in [-0.4, -0.2) is 106 Å². The molecule has 1 N–H and O–H groups in total. The van der Waals surface area contributed by atoms with Gasteiger partial charge in [0.2, 0.25) is 5.88 Å². The predicted octanol–water partition coefficient (Wildman–Crippen LogP) is 7.92. The van der Waals surface area contributed by atoms with Crippen LogP contribution >= 0.6 is 23.5 Å². The van der Waals surface area contributed by atoms with E-state index in [1.165, 1.54) is 19.6 Å². The molecule has 1 amide bonds. The van der Waals surface area contributed by atoms with Crippen molar-refractivity contribution in [1.82, 2.24) is 14.8 Å². The molecule has 0 saturated carbocycles. The molecule has 58 heavy (non-hydrogen) atoms. The maximum atomic E-state index is 13.3. The van der Waals surface area contributed by atoms with E-state index in [0.29, 0.717) is 52.0 Å². The summed E-state index contributed by atoms with van der Waals surface area (Å²) >= 11 is 3.56. The number of aromatic nitrogens is 1. The molecule has 4 aliphatic heterocycles. The van der Waals surface area contributed by atoms with E-state index in [0.717, 1.165) is 65.7 Å². The number of carbonyl (C=O) groups is 1. The van der Waals surface area contributed by atoms with Crippen LogP contribution < -0.4 is 19.7 Å². The van der Waals surface area contributed by atoms with E-state index in [9.17, 15) is 4.79 Å². The van der Waals surface area contributed by atoms with E-state index >= 15 is 0 Å². The number of nitrogens with one attached hydrogen (secondary N) is 1. The van der Waals surface area contributed by atoms with Crippen molar-refractivity contribution in [3.63, 3.8) is 0 Å². The summed E-state index contributed by atoms with van der Waals surface area (Å²) in [4.78, 5) is 29.8. The van der Waals surface area contributed by atoms with Gasteiger partial charge in [0.1, 0.15) is 19.0 Å². The van der Waals surface area contributed by atoms with Crippen LogP contribution in [0.25, 0.3) is 11.3 Å². The Morgan fingerprint density at radius 1 is 0.776 bits per heavy atom. The molecule has 4 aliphatic rings. The summed E-state index contributed by atoms with van der Waals surface area (Å²) in [7, 11) is 1.67. The molecule has 0 spiro atoms. The molecule has 0 aliphatic carbocycles. The molecule has 3 fully saturated rings. The maximum absolute atomic E-state index is 13.3. The highest BCUT2D eigenvalue weighted by molar-refractivity contribution is 8.05. The first-order valence-corrected chi connectivity index (χ1v) is 21.5. The maximum Gasteiger partial charge on any atom is 0.410 e. The third-order valence-corrected chi connectivity index (χ3v) is 13.6. The molecule has 2 unspecified atom stereocenters. The highest BCUT2D eigenvalue weighted by atomic mass is 32.2. The normalized spacial score (nSPS) is 19.3. The number of fused-ring (bicyclic) bond motifs is 2. The molecule has 13 heteroatoms. The van der Waals surface area contributed by atoms with Gasteiger partial charge in [-0.3, -0.25) is 4.90 Å². The summed E-state index contributed by atoms with van der Waals surface area (Å²) in [6, 6.07) is 35.2. The monoisotopic (exact) mass is 817 g/mol. The average molecular weight is 818 g/mol. The molecule has 0 radical (unpaired) electrons. The Balaban J connectivity index is 0.932. The Kier molecular flexibility index (Phi) is 11.9. The van der Waals surface area contributed by atoms with E-state index in [4.69, 9.17) is 28.7 Å². The van der Waals surface area contributed by atoms with Crippen LogP contribution in [0.1, 0.15) is 11.1 Å². The summed E-state index contributed by atoms with van der Waals surface area (Å²) in [5.41, 5.74) is 6.08. The van der Waals surface area contributed by atoms with Crippen LogP contribution in [0.15, 0.2) is 123 Å². The Labute approximate surface area is 348 Å². The van der Waals surface area contributed by atoms with Gasteiger partial charge in [0.25, 0.3) is 0 Å². The lowest BCUT2D eigenvalue weighted by Crippen LogP contribution is -2.51. The first kappa shape index (κ1) is 38.6. The number of nitrogens with zero attached hydrogens (tertiary/aromatic N) is 4. The van der Waals surface area contributed by atoms with Crippen molar-refractivity contribution in [3.8, 4) is 22.9 Å². The van der Waals surface area contributed by atoms with Crippen molar-refractivity contribution in [2.45, 2.75) is 44.9 Å². The zero-order chi connectivity index (χ0) is 39.3. The van der Waals surface area contributed by atoms with Gasteiger partial charge in [-0.15, -0.1) is 0 Å². The smallest absolute Gasteiger partial charge is 0.410 e. The number of benzene rings is 4. The number of ether oxygens (including phenoxy) is 5. The summed E-state index contributed by atoms with van der Waals surface area (Å²) in [6.45, 7) is 7.89. The van der Waals surface area contributed by atoms with Crippen LogP contribution in [-0.2, 0) is 27.4 Å². The van der Waals surface area contributed by atoms with Crippen molar-refractivity contribution in [2.75, 3.05) is 83.0 Å². The highest BCUT2D eigenvalue weighted by Gasteiger charge is 2.40. The SMILES string of the molecule is COc1ccc(COc2cc(N3CCOCC3)cc(-c3cccc4c3Sc3ccc(NC5CN(C(=O)OCc6ccccc6)CC5N5CCOCC5)cc3S4)n2)cc1. The number of hydrogen-bond donors (Lipinski definition) is 1. The molecule has 11 nitrogen and oxygen atoms in total. The fraction of sp³-hybridized carbons (Fsp3) is 0.333. The zero-order valence-electron chi connectivity index (χ0n) is 32.5. The van der Waals surface area contributed by atoms with Gasteiger partial charge in [-0.05, 0) is 53.6 Å². The molecule has 2 atom stereocenters. The van der Waals surface area contributed by atoms with Crippen molar-refractivity contribution < 1.29 is 28.5 Å². The first-order chi connectivity index (χ1) is 28.6. The van der Waals surface area contributed by atoms with Crippen LogP contribution in [0.2, 0.25) is 0 Å². The third kappa shape index (κ3) is 8.88. The van der Waals surface area contributed by atoms with Crippen molar-refractivity contribution in [3.05, 3.63) is 114 Å². The number of hydrogen-bond acceptors (Lipinski definition) is 12.